The lowest BCUT2D eigenvalue weighted by Gasteiger charge is -2.29. The molecule has 1 aliphatic heterocycles. The minimum Gasteiger partial charge on any atom is -0.353 e. The molecule has 5 rings (SSSR count). The maximum absolute atomic E-state index is 12.9. The second-order valence-corrected chi connectivity index (χ2v) is 11.2. The standard InChI is InChI=1S/C21H26N4O4S/c26-19(13-16-12-14-5-6-15(16)11-14)22-25-21(27)18-4-2-1-3-17(18)20(23-25)24-7-9-30(28,29)10-8-24/h1-4,14-16H,5-13H2,(H,22,26). The molecule has 3 aliphatic rings. The largest absolute Gasteiger partial charge is 0.353 e. The number of carbonyl (C=O) groups is 1. The van der Waals surface area contributed by atoms with Gasteiger partial charge in [-0.2, -0.15) is 0 Å². The lowest BCUT2D eigenvalue weighted by atomic mass is 9.86. The van der Waals surface area contributed by atoms with Gasteiger partial charge < -0.3 is 4.90 Å². The Morgan fingerprint density at radius 2 is 1.83 bits per heavy atom. The van der Waals surface area contributed by atoms with E-state index in [4.69, 9.17) is 0 Å². The first kappa shape index (κ1) is 19.5. The molecule has 1 N–H and O–H groups in total. The van der Waals surface area contributed by atoms with E-state index in [1.54, 1.807) is 12.1 Å². The quantitative estimate of drug-likeness (QED) is 0.789. The number of nitrogens with zero attached hydrogens (tertiary/aromatic N) is 3. The highest BCUT2D eigenvalue weighted by molar-refractivity contribution is 7.91. The zero-order chi connectivity index (χ0) is 20.9. The molecule has 1 saturated heterocycles. The van der Waals surface area contributed by atoms with Crippen LogP contribution in [0.25, 0.3) is 10.8 Å². The summed E-state index contributed by atoms with van der Waals surface area (Å²) in [6.07, 6.45) is 5.24. The van der Waals surface area contributed by atoms with Crippen LogP contribution in [0.1, 0.15) is 32.1 Å². The lowest BCUT2D eigenvalue weighted by molar-refractivity contribution is -0.118. The van der Waals surface area contributed by atoms with E-state index in [9.17, 15) is 18.0 Å². The van der Waals surface area contributed by atoms with Crippen LogP contribution >= 0.6 is 0 Å². The van der Waals surface area contributed by atoms with Crippen molar-refractivity contribution in [2.24, 2.45) is 17.8 Å². The average molecular weight is 431 g/mol. The van der Waals surface area contributed by atoms with E-state index >= 15 is 0 Å². The minimum atomic E-state index is -3.04. The van der Waals surface area contributed by atoms with Crippen molar-refractivity contribution in [2.75, 3.05) is 34.9 Å². The van der Waals surface area contributed by atoms with E-state index in [0.29, 0.717) is 47.9 Å². The van der Waals surface area contributed by atoms with Gasteiger partial charge in [0.05, 0.1) is 16.9 Å². The summed E-state index contributed by atoms with van der Waals surface area (Å²) in [6, 6.07) is 7.12. The molecule has 0 radical (unpaired) electrons. The van der Waals surface area contributed by atoms with E-state index in [1.165, 1.54) is 19.3 Å². The van der Waals surface area contributed by atoms with E-state index < -0.39 is 9.84 Å². The molecular formula is C21H26N4O4S. The van der Waals surface area contributed by atoms with E-state index in [1.807, 2.05) is 17.0 Å². The first-order valence-electron chi connectivity index (χ1n) is 10.7. The van der Waals surface area contributed by atoms with Gasteiger partial charge in [0.1, 0.15) is 0 Å². The van der Waals surface area contributed by atoms with Crippen molar-refractivity contribution < 1.29 is 13.2 Å². The van der Waals surface area contributed by atoms with Gasteiger partial charge in [0.15, 0.2) is 15.7 Å². The number of hydrogen-bond acceptors (Lipinski definition) is 6. The highest BCUT2D eigenvalue weighted by Crippen LogP contribution is 2.49. The van der Waals surface area contributed by atoms with Crippen molar-refractivity contribution >= 4 is 32.3 Å². The summed E-state index contributed by atoms with van der Waals surface area (Å²) in [7, 11) is -3.04. The maximum atomic E-state index is 12.9. The summed E-state index contributed by atoms with van der Waals surface area (Å²) < 4.78 is 23.6. The number of fused-ring (bicyclic) bond motifs is 3. The summed E-state index contributed by atoms with van der Waals surface area (Å²) in [5, 5.41) is 5.56. The Kier molecular flexibility index (Phi) is 4.80. The summed E-state index contributed by atoms with van der Waals surface area (Å²) >= 11 is 0. The van der Waals surface area contributed by atoms with Crippen LogP contribution in [-0.4, -0.2) is 48.8 Å². The van der Waals surface area contributed by atoms with Gasteiger partial charge in [-0.3, -0.25) is 9.59 Å². The van der Waals surface area contributed by atoms with E-state index in [-0.39, 0.29) is 23.0 Å². The molecule has 160 valence electrons. The molecule has 2 aromatic rings. The maximum Gasteiger partial charge on any atom is 0.294 e. The van der Waals surface area contributed by atoms with Gasteiger partial charge in [0.2, 0.25) is 5.91 Å². The van der Waals surface area contributed by atoms with Gasteiger partial charge in [-0.25, -0.2) is 13.8 Å². The van der Waals surface area contributed by atoms with Crippen molar-refractivity contribution in [2.45, 2.75) is 32.1 Å². The fourth-order valence-corrected chi connectivity index (χ4v) is 6.64. The first-order chi connectivity index (χ1) is 14.4. The van der Waals surface area contributed by atoms with Crippen LogP contribution in [0.5, 0.6) is 0 Å². The number of rotatable bonds is 4. The SMILES string of the molecule is O=C(CC1CC2CCC1C2)Nn1nc(N2CCS(=O)(=O)CC2)c2ccccc2c1=O. The third kappa shape index (κ3) is 3.59. The number of amides is 1. The minimum absolute atomic E-state index is 0.0543. The molecule has 2 saturated carbocycles. The van der Waals surface area contributed by atoms with Crippen LogP contribution in [0.2, 0.25) is 0 Å². The third-order valence-electron chi connectivity index (χ3n) is 6.99. The van der Waals surface area contributed by atoms with Gasteiger partial charge in [-0.1, -0.05) is 24.6 Å². The number of sulfone groups is 1. The lowest BCUT2D eigenvalue weighted by Crippen LogP contribution is -2.43. The molecule has 3 unspecified atom stereocenters. The number of nitrogens with one attached hydrogen (secondary N) is 1. The van der Waals surface area contributed by atoms with Crippen LogP contribution in [0.15, 0.2) is 29.1 Å². The van der Waals surface area contributed by atoms with Crippen LogP contribution < -0.4 is 15.9 Å². The summed E-state index contributed by atoms with van der Waals surface area (Å²) in [6.45, 7) is 0.632. The highest BCUT2D eigenvalue weighted by Gasteiger charge is 2.40. The number of carbonyl (C=O) groups excluding carboxylic acids is 1. The Hall–Kier alpha value is -2.42. The molecule has 2 heterocycles. The van der Waals surface area contributed by atoms with Gasteiger partial charge in [0.25, 0.3) is 5.56 Å². The van der Waals surface area contributed by atoms with Gasteiger partial charge in [-0.15, -0.1) is 9.89 Å². The molecule has 9 heteroatoms. The zero-order valence-electron chi connectivity index (χ0n) is 16.8. The highest BCUT2D eigenvalue weighted by atomic mass is 32.2. The molecular weight excluding hydrogens is 404 g/mol. The fourth-order valence-electron chi connectivity index (χ4n) is 5.43. The molecule has 30 heavy (non-hydrogen) atoms. The van der Waals surface area contributed by atoms with Crippen LogP contribution in [0, 0.1) is 17.8 Å². The second kappa shape index (κ2) is 7.37. The Morgan fingerprint density at radius 3 is 2.50 bits per heavy atom. The number of anilines is 1. The molecule has 3 atom stereocenters. The third-order valence-corrected chi connectivity index (χ3v) is 8.60. The molecule has 8 nitrogen and oxygen atoms in total. The molecule has 3 fully saturated rings. The van der Waals surface area contributed by atoms with E-state index in [0.717, 1.165) is 17.1 Å². The molecule has 1 amide bonds. The average Bonchev–Trinajstić information content (AvgIpc) is 3.34. The van der Waals surface area contributed by atoms with Gasteiger partial charge in [0, 0.05) is 24.9 Å². The topological polar surface area (TPSA) is 101 Å². The molecule has 2 bridgehead atoms. The van der Waals surface area contributed by atoms with E-state index in [2.05, 4.69) is 10.5 Å². The Morgan fingerprint density at radius 1 is 1.10 bits per heavy atom. The molecule has 2 aliphatic carbocycles. The zero-order valence-corrected chi connectivity index (χ0v) is 17.6. The van der Waals surface area contributed by atoms with Crippen LogP contribution in [0.3, 0.4) is 0 Å². The predicted octanol–water partition coefficient (Wildman–Crippen LogP) is 1.53. The number of hydrogen-bond donors (Lipinski definition) is 1. The first-order valence-corrected chi connectivity index (χ1v) is 12.5. The van der Waals surface area contributed by atoms with Crippen molar-refractivity contribution in [1.82, 2.24) is 9.89 Å². The second-order valence-electron chi connectivity index (χ2n) is 8.90. The van der Waals surface area contributed by atoms with Crippen molar-refractivity contribution in [1.29, 1.82) is 0 Å². The molecule has 0 spiro atoms. The Balaban J connectivity index is 1.42. The van der Waals surface area contributed by atoms with Gasteiger partial charge in [-0.05, 0) is 43.1 Å². The normalized spacial score (nSPS) is 27.5. The van der Waals surface area contributed by atoms with Crippen molar-refractivity contribution in [3.8, 4) is 0 Å². The smallest absolute Gasteiger partial charge is 0.294 e. The summed E-state index contributed by atoms with van der Waals surface area (Å²) in [5.74, 6) is 2.23. The molecule has 1 aromatic heterocycles. The predicted molar refractivity (Wildman–Crippen MR) is 115 cm³/mol. The molecule has 1 aromatic carbocycles. The van der Waals surface area contributed by atoms with Crippen LogP contribution in [0.4, 0.5) is 5.82 Å². The fraction of sp³-hybridized carbons (Fsp3) is 0.571. The Labute approximate surface area is 175 Å². The van der Waals surface area contributed by atoms with Gasteiger partial charge >= 0.3 is 0 Å². The Bertz CT molecular complexity index is 1150. The number of benzene rings is 1. The summed E-state index contributed by atoms with van der Waals surface area (Å²) in [4.78, 5) is 28.6. The van der Waals surface area contributed by atoms with Crippen molar-refractivity contribution in [3.05, 3.63) is 34.6 Å². The van der Waals surface area contributed by atoms with Crippen molar-refractivity contribution in [3.63, 3.8) is 0 Å². The monoisotopic (exact) mass is 430 g/mol. The number of aromatic nitrogens is 2. The summed E-state index contributed by atoms with van der Waals surface area (Å²) in [5.41, 5.74) is 2.32. The van der Waals surface area contributed by atoms with Crippen LogP contribution in [-0.2, 0) is 14.6 Å².